The number of hydrogen-bond donors (Lipinski definition) is 0. The zero-order valence-corrected chi connectivity index (χ0v) is 17.5. The van der Waals surface area contributed by atoms with Gasteiger partial charge in [-0.2, -0.15) is 0 Å². The molecule has 26 heavy (non-hydrogen) atoms. The Morgan fingerprint density at radius 1 is 1.23 bits per heavy atom. The molecule has 0 N–H and O–H groups in total. The highest BCUT2D eigenvalue weighted by atomic mass is 16.5. The van der Waals surface area contributed by atoms with Crippen LogP contribution in [0, 0.1) is 28.1 Å². The average molecular weight is 363 g/mol. The summed E-state index contributed by atoms with van der Waals surface area (Å²) in [6.07, 6.45) is 11.9. The van der Waals surface area contributed by atoms with Gasteiger partial charge in [0, 0.05) is 13.7 Å². The number of fused-ring (bicyclic) bond motifs is 3. The number of hydrogen-bond acceptors (Lipinski definition) is 3. The third-order valence-corrected chi connectivity index (χ3v) is 8.04. The van der Waals surface area contributed by atoms with Gasteiger partial charge in [-0.3, -0.25) is 4.79 Å². The summed E-state index contributed by atoms with van der Waals surface area (Å²) in [6, 6.07) is 0. The second-order valence-electron chi connectivity index (χ2n) is 9.86. The van der Waals surface area contributed by atoms with Gasteiger partial charge in [0.2, 0.25) is 0 Å². The molecule has 2 fully saturated rings. The van der Waals surface area contributed by atoms with Gasteiger partial charge >= 0.3 is 5.97 Å². The first-order chi connectivity index (χ1) is 12.3. The van der Waals surface area contributed by atoms with Gasteiger partial charge in [-0.1, -0.05) is 31.9 Å². The van der Waals surface area contributed by atoms with E-state index in [9.17, 15) is 4.79 Å². The summed E-state index contributed by atoms with van der Waals surface area (Å²) in [7, 11) is 1.80. The maximum atomic E-state index is 12.8. The molecule has 0 aromatic rings. The van der Waals surface area contributed by atoms with Crippen molar-refractivity contribution in [1.29, 1.82) is 0 Å². The van der Waals surface area contributed by atoms with Gasteiger partial charge in [0.1, 0.15) is 0 Å². The molecule has 148 valence electrons. The van der Waals surface area contributed by atoms with E-state index in [1.165, 1.54) is 19.3 Å². The van der Waals surface area contributed by atoms with Crippen LogP contribution in [0.15, 0.2) is 11.6 Å². The summed E-state index contributed by atoms with van der Waals surface area (Å²) in [5.41, 5.74) is 1.89. The van der Waals surface area contributed by atoms with E-state index in [0.717, 1.165) is 38.7 Å². The van der Waals surface area contributed by atoms with Crippen LogP contribution in [0.1, 0.15) is 79.1 Å². The lowest BCUT2D eigenvalue weighted by Gasteiger charge is -2.58. The molecule has 0 aliphatic heterocycles. The number of methoxy groups -OCH3 is 1. The van der Waals surface area contributed by atoms with Crippen molar-refractivity contribution in [2.24, 2.45) is 28.1 Å². The number of carbonyl (C=O) groups is 1. The van der Waals surface area contributed by atoms with Gasteiger partial charge in [0.05, 0.1) is 12.0 Å². The minimum atomic E-state index is -0.314. The summed E-state index contributed by atoms with van der Waals surface area (Å²) in [4.78, 5) is 12.8. The molecule has 3 nitrogen and oxygen atoms in total. The normalized spacial score (nSPS) is 42.4. The van der Waals surface area contributed by atoms with Crippen LogP contribution in [0.25, 0.3) is 0 Å². The van der Waals surface area contributed by atoms with Crippen LogP contribution < -0.4 is 0 Å². The van der Waals surface area contributed by atoms with Crippen LogP contribution >= 0.6 is 0 Å². The lowest BCUT2D eigenvalue weighted by Crippen LogP contribution is -2.53. The third kappa shape index (κ3) is 3.25. The minimum Gasteiger partial charge on any atom is -0.466 e. The van der Waals surface area contributed by atoms with E-state index in [2.05, 4.69) is 26.8 Å². The first-order valence-corrected chi connectivity index (χ1v) is 10.7. The van der Waals surface area contributed by atoms with Crippen LogP contribution in [0.4, 0.5) is 0 Å². The zero-order valence-electron chi connectivity index (χ0n) is 17.5. The second kappa shape index (κ2) is 7.30. The Balaban J connectivity index is 1.87. The van der Waals surface area contributed by atoms with Gasteiger partial charge in [-0.05, 0) is 81.5 Å². The van der Waals surface area contributed by atoms with E-state index in [0.29, 0.717) is 23.9 Å². The predicted molar refractivity (Wildman–Crippen MR) is 105 cm³/mol. The van der Waals surface area contributed by atoms with Crippen molar-refractivity contribution in [3.63, 3.8) is 0 Å². The molecular weight excluding hydrogens is 324 g/mol. The fraction of sp³-hybridized carbons (Fsp3) is 0.870. The maximum absolute atomic E-state index is 12.8. The van der Waals surface area contributed by atoms with E-state index in [1.54, 1.807) is 12.7 Å². The van der Waals surface area contributed by atoms with E-state index >= 15 is 0 Å². The molecule has 0 radical (unpaired) electrons. The Kier molecular flexibility index (Phi) is 5.59. The molecule has 3 rings (SSSR count). The van der Waals surface area contributed by atoms with E-state index in [4.69, 9.17) is 9.47 Å². The van der Waals surface area contributed by atoms with Crippen molar-refractivity contribution in [2.45, 2.75) is 79.1 Å². The lowest BCUT2D eigenvalue weighted by atomic mass is 9.46. The zero-order chi connectivity index (χ0) is 19.0. The summed E-state index contributed by atoms with van der Waals surface area (Å²) in [6.45, 7) is 10.3. The smallest absolute Gasteiger partial charge is 0.312 e. The summed E-state index contributed by atoms with van der Waals surface area (Å²) < 4.78 is 10.9. The van der Waals surface area contributed by atoms with Crippen LogP contribution in [0.2, 0.25) is 0 Å². The van der Waals surface area contributed by atoms with Crippen molar-refractivity contribution in [2.75, 3.05) is 20.3 Å². The Morgan fingerprint density at radius 3 is 2.69 bits per heavy atom. The third-order valence-electron chi connectivity index (χ3n) is 8.04. The van der Waals surface area contributed by atoms with Gasteiger partial charge in [0.25, 0.3) is 0 Å². The van der Waals surface area contributed by atoms with Gasteiger partial charge in [-0.15, -0.1) is 0 Å². The molecule has 3 aliphatic carbocycles. The van der Waals surface area contributed by atoms with Gasteiger partial charge in [-0.25, -0.2) is 0 Å². The summed E-state index contributed by atoms with van der Waals surface area (Å²) in [5, 5.41) is 0. The topological polar surface area (TPSA) is 35.5 Å². The summed E-state index contributed by atoms with van der Waals surface area (Å²) in [5.74, 6) is 1.15. The van der Waals surface area contributed by atoms with Crippen LogP contribution in [-0.4, -0.2) is 26.3 Å². The lowest BCUT2D eigenvalue weighted by molar-refractivity contribution is -0.167. The molecule has 0 aromatic heterocycles. The molecule has 3 heteroatoms. The number of carbonyl (C=O) groups excluding carboxylic acids is 1. The van der Waals surface area contributed by atoms with Crippen LogP contribution in [-0.2, 0) is 14.3 Å². The highest BCUT2D eigenvalue weighted by Gasteiger charge is 2.58. The van der Waals surface area contributed by atoms with E-state index in [-0.39, 0.29) is 16.8 Å². The highest BCUT2D eigenvalue weighted by Crippen LogP contribution is 2.64. The molecule has 0 bridgehead atoms. The molecule has 0 aromatic carbocycles. The quantitative estimate of drug-likeness (QED) is 0.476. The molecular formula is C23H38O3. The Morgan fingerprint density at radius 2 is 2.00 bits per heavy atom. The SMILES string of the molecule is CCOC(=O)C1(C)CCCC2(C)C3=CCC(C)(CCOC)CC3CCC12. The minimum absolute atomic E-state index is 0.0377. The largest absolute Gasteiger partial charge is 0.466 e. The Hall–Kier alpha value is -0.830. The monoisotopic (exact) mass is 362 g/mol. The molecule has 0 spiro atoms. The van der Waals surface area contributed by atoms with Gasteiger partial charge in [0.15, 0.2) is 0 Å². The Bertz CT molecular complexity index is 568. The van der Waals surface area contributed by atoms with E-state index < -0.39 is 0 Å². The molecule has 5 unspecified atom stereocenters. The standard InChI is InChI=1S/C23H38O3/c1-6-26-20(24)23(4)12-7-11-22(3)18-10-13-21(2,14-15-25-5)16-17(18)8-9-19(22)23/h10,17,19H,6-9,11-16H2,1-5H3. The average Bonchev–Trinajstić information content (AvgIpc) is 2.59. The van der Waals surface area contributed by atoms with Crippen molar-refractivity contribution in [1.82, 2.24) is 0 Å². The summed E-state index contributed by atoms with van der Waals surface area (Å²) >= 11 is 0. The fourth-order valence-electron chi connectivity index (χ4n) is 6.59. The molecule has 2 saturated carbocycles. The molecule has 0 saturated heterocycles. The Labute approximate surface area is 159 Å². The maximum Gasteiger partial charge on any atom is 0.312 e. The van der Waals surface area contributed by atoms with Crippen molar-refractivity contribution >= 4 is 5.97 Å². The van der Waals surface area contributed by atoms with E-state index in [1.807, 2.05) is 6.92 Å². The van der Waals surface area contributed by atoms with Crippen LogP contribution in [0.3, 0.4) is 0 Å². The molecule has 5 atom stereocenters. The highest BCUT2D eigenvalue weighted by molar-refractivity contribution is 5.77. The fourth-order valence-corrected chi connectivity index (χ4v) is 6.59. The number of ether oxygens (including phenoxy) is 2. The van der Waals surface area contributed by atoms with Crippen molar-refractivity contribution in [3.8, 4) is 0 Å². The van der Waals surface area contributed by atoms with Crippen molar-refractivity contribution < 1.29 is 14.3 Å². The van der Waals surface area contributed by atoms with Crippen molar-refractivity contribution in [3.05, 3.63) is 11.6 Å². The molecule has 0 amide bonds. The van der Waals surface area contributed by atoms with Crippen LogP contribution in [0.5, 0.6) is 0 Å². The molecule has 0 heterocycles. The number of esters is 1. The second-order valence-corrected chi connectivity index (χ2v) is 9.86. The predicted octanol–water partition coefficient (Wildman–Crippen LogP) is 5.54. The first kappa shape index (κ1) is 19.9. The number of rotatable bonds is 5. The van der Waals surface area contributed by atoms with Gasteiger partial charge < -0.3 is 9.47 Å². The first-order valence-electron chi connectivity index (χ1n) is 10.7. The number of allylic oxidation sites excluding steroid dienone is 2. The molecule has 3 aliphatic rings.